The molecular weight excluding hydrogens is 230 g/mol. The third-order valence-electron chi connectivity index (χ3n) is 3.53. The average Bonchev–Trinajstić information content (AvgIpc) is 2.37. The monoisotopic (exact) mass is 253 g/mol. The van der Waals surface area contributed by atoms with Gasteiger partial charge in [0.25, 0.3) is 0 Å². The molecule has 0 saturated carbocycles. The average molecular weight is 253 g/mol. The lowest BCUT2D eigenvalue weighted by molar-refractivity contribution is 0.327. The van der Waals surface area contributed by atoms with Gasteiger partial charge in [-0.1, -0.05) is 68.8 Å². The van der Waals surface area contributed by atoms with Crippen molar-refractivity contribution in [1.29, 1.82) is 0 Å². The van der Waals surface area contributed by atoms with E-state index in [0.717, 1.165) is 0 Å². The minimum absolute atomic E-state index is 0.0530. The van der Waals surface area contributed by atoms with Crippen LogP contribution in [0, 0.1) is 12.3 Å². The van der Waals surface area contributed by atoms with Gasteiger partial charge in [0.1, 0.15) is 0 Å². The highest BCUT2D eigenvalue weighted by molar-refractivity contribution is 5.65. The van der Waals surface area contributed by atoms with Crippen molar-refractivity contribution in [3.05, 3.63) is 59.7 Å². The van der Waals surface area contributed by atoms with E-state index in [9.17, 15) is 0 Å². The van der Waals surface area contributed by atoms with Gasteiger partial charge >= 0.3 is 0 Å². The summed E-state index contributed by atoms with van der Waals surface area (Å²) in [5.74, 6) is 0. The number of nitrogens with two attached hydrogens (primary N) is 1. The normalized spacial score (nSPS) is 13.3. The predicted octanol–water partition coefficient (Wildman–Crippen LogP) is 4.71. The first-order chi connectivity index (χ1) is 8.88. The van der Waals surface area contributed by atoms with Crippen molar-refractivity contribution in [2.75, 3.05) is 0 Å². The lowest BCUT2D eigenvalue weighted by Crippen LogP contribution is -2.26. The van der Waals surface area contributed by atoms with E-state index >= 15 is 0 Å². The molecule has 0 aliphatic heterocycles. The summed E-state index contributed by atoms with van der Waals surface area (Å²) in [7, 11) is 0. The third-order valence-corrected chi connectivity index (χ3v) is 3.53. The van der Waals surface area contributed by atoms with Crippen LogP contribution in [0.4, 0.5) is 0 Å². The summed E-state index contributed by atoms with van der Waals surface area (Å²) in [6, 6.07) is 17.2. The maximum absolute atomic E-state index is 6.35. The van der Waals surface area contributed by atoms with Crippen LogP contribution < -0.4 is 5.73 Å². The molecule has 1 unspecified atom stereocenters. The molecule has 0 bridgehead atoms. The molecule has 0 heterocycles. The van der Waals surface area contributed by atoms with E-state index in [-0.39, 0.29) is 11.5 Å². The summed E-state index contributed by atoms with van der Waals surface area (Å²) < 4.78 is 0. The van der Waals surface area contributed by atoms with Crippen molar-refractivity contribution in [2.45, 2.75) is 33.7 Å². The minimum atomic E-state index is 0.0530. The summed E-state index contributed by atoms with van der Waals surface area (Å²) in [4.78, 5) is 0. The van der Waals surface area contributed by atoms with Crippen LogP contribution >= 0.6 is 0 Å². The first-order valence-corrected chi connectivity index (χ1v) is 6.80. The van der Waals surface area contributed by atoms with E-state index in [0.29, 0.717) is 0 Å². The van der Waals surface area contributed by atoms with Crippen LogP contribution in [0.1, 0.15) is 37.9 Å². The van der Waals surface area contributed by atoms with Crippen molar-refractivity contribution < 1.29 is 0 Å². The van der Waals surface area contributed by atoms with Gasteiger partial charge in [-0.05, 0) is 35.1 Å². The Hall–Kier alpha value is -1.60. The first-order valence-electron chi connectivity index (χ1n) is 6.80. The third kappa shape index (κ3) is 3.24. The lowest BCUT2D eigenvalue weighted by Gasteiger charge is -2.27. The van der Waals surface area contributed by atoms with Crippen LogP contribution in [0.5, 0.6) is 0 Å². The molecule has 2 aromatic carbocycles. The number of benzene rings is 2. The van der Waals surface area contributed by atoms with Gasteiger partial charge in [0.2, 0.25) is 0 Å². The fraction of sp³-hybridized carbons (Fsp3) is 0.333. The SMILES string of the molecule is Cc1cccc(-c2cccc(C(N)C(C)(C)C)c2)c1. The molecule has 1 atom stereocenters. The minimum Gasteiger partial charge on any atom is -0.324 e. The molecule has 2 rings (SSSR count). The molecular formula is C18H23N. The van der Waals surface area contributed by atoms with E-state index in [1.807, 2.05) is 0 Å². The fourth-order valence-corrected chi connectivity index (χ4v) is 2.24. The second-order valence-electron chi connectivity index (χ2n) is 6.34. The molecule has 0 spiro atoms. The summed E-state index contributed by atoms with van der Waals surface area (Å²) >= 11 is 0. The van der Waals surface area contributed by atoms with Crippen LogP contribution in [0.25, 0.3) is 11.1 Å². The Morgan fingerprint density at radius 2 is 1.47 bits per heavy atom. The van der Waals surface area contributed by atoms with E-state index < -0.39 is 0 Å². The van der Waals surface area contributed by atoms with Gasteiger partial charge in [-0.2, -0.15) is 0 Å². The zero-order valence-electron chi connectivity index (χ0n) is 12.3. The van der Waals surface area contributed by atoms with Crippen molar-refractivity contribution in [3.63, 3.8) is 0 Å². The van der Waals surface area contributed by atoms with E-state index in [4.69, 9.17) is 5.73 Å². The molecule has 0 saturated heterocycles. The summed E-state index contributed by atoms with van der Waals surface area (Å²) in [6.45, 7) is 8.65. The van der Waals surface area contributed by atoms with E-state index in [1.165, 1.54) is 22.3 Å². The molecule has 0 aliphatic carbocycles. The maximum atomic E-state index is 6.35. The molecule has 0 amide bonds. The molecule has 19 heavy (non-hydrogen) atoms. The number of aryl methyl sites for hydroxylation is 1. The highest BCUT2D eigenvalue weighted by Crippen LogP contribution is 2.32. The maximum Gasteiger partial charge on any atom is 0.0344 e. The Balaban J connectivity index is 2.40. The van der Waals surface area contributed by atoms with Crippen LogP contribution in [0.15, 0.2) is 48.5 Å². The molecule has 0 radical (unpaired) electrons. The largest absolute Gasteiger partial charge is 0.324 e. The summed E-state index contributed by atoms with van der Waals surface area (Å²) in [6.07, 6.45) is 0. The van der Waals surface area contributed by atoms with E-state index in [1.54, 1.807) is 0 Å². The summed E-state index contributed by atoms with van der Waals surface area (Å²) in [5.41, 5.74) is 11.4. The Bertz CT molecular complexity index is 564. The topological polar surface area (TPSA) is 26.0 Å². The second-order valence-corrected chi connectivity index (χ2v) is 6.34. The van der Waals surface area contributed by atoms with Crippen LogP contribution in [-0.4, -0.2) is 0 Å². The van der Waals surface area contributed by atoms with Crippen molar-refractivity contribution in [1.82, 2.24) is 0 Å². The molecule has 1 heteroatoms. The van der Waals surface area contributed by atoms with Crippen molar-refractivity contribution in [3.8, 4) is 11.1 Å². The number of hydrogen-bond acceptors (Lipinski definition) is 1. The van der Waals surface area contributed by atoms with Crippen LogP contribution in [0.3, 0.4) is 0 Å². The van der Waals surface area contributed by atoms with Crippen LogP contribution in [0.2, 0.25) is 0 Å². The molecule has 0 aromatic heterocycles. The van der Waals surface area contributed by atoms with E-state index in [2.05, 4.69) is 76.2 Å². The number of hydrogen-bond donors (Lipinski definition) is 1. The molecule has 0 fully saturated rings. The van der Waals surface area contributed by atoms with Crippen molar-refractivity contribution in [2.24, 2.45) is 11.1 Å². The predicted molar refractivity (Wildman–Crippen MR) is 83.0 cm³/mol. The van der Waals surface area contributed by atoms with Gasteiger partial charge in [-0.25, -0.2) is 0 Å². The lowest BCUT2D eigenvalue weighted by atomic mass is 9.82. The highest BCUT2D eigenvalue weighted by atomic mass is 14.7. The first kappa shape index (κ1) is 13.8. The number of rotatable bonds is 2. The van der Waals surface area contributed by atoms with Gasteiger partial charge in [-0.3, -0.25) is 0 Å². The zero-order valence-corrected chi connectivity index (χ0v) is 12.3. The van der Waals surface area contributed by atoms with Gasteiger partial charge in [0.05, 0.1) is 0 Å². The molecule has 1 nitrogen and oxygen atoms in total. The molecule has 100 valence electrons. The van der Waals surface area contributed by atoms with Gasteiger partial charge in [-0.15, -0.1) is 0 Å². The van der Waals surface area contributed by atoms with Crippen molar-refractivity contribution >= 4 is 0 Å². The zero-order chi connectivity index (χ0) is 14.0. The molecule has 0 aliphatic rings. The van der Waals surface area contributed by atoms with Gasteiger partial charge in [0.15, 0.2) is 0 Å². The van der Waals surface area contributed by atoms with Crippen LogP contribution in [-0.2, 0) is 0 Å². The molecule has 2 N–H and O–H groups in total. The fourth-order valence-electron chi connectivity index (χ4n) is 2.24. The Kier molecular flexibility index (Phi) is 3.77. The Morgan fingerprint density at radius 1 is 0.895 bits per heavy atom. The van der Waals surface area contributed by atoms with Gasteiger partial charge in [0, 0.05) is 6.04 Å². The van der Waals surface area contributed by atoms with Gasteiger partial charge < -0.3 is 5.73 Å². The molecule has 2 aromatic rings. The highest BCUT2D eigenvalue weighted by Gasteiger charge is 2.22. The Labute approximate surface area is 116 Å². The quantitative estimate of drug-likeness (QED) is 0.824. The second kappa shape index (κ2) is 5.18. The Morgan fingerprint density at radius 3 is 2.05 bits per heavy atom. The standard InChI is InChI=1S/C18H23N/c1-13-7-5-8-14(11-13)15-9-6-10-16(12-15)17(19)18(2,3)4/h5-12,17H,19H2,1-4H3. The smallest absolute Gasteiger partial charge is 0.0344 e. The summed E-state index contributed by atoms with van der Waals surface area (Å²) in [5, 5.41) is 0.